The normalized spacial score (nSPS) is 55.8. The van der Waals surface area contributed by atoms with Crippen LogP contribution >= 0.6 is 0 Å². The summed E-state index contributed by atoms with van der Waals surface area (Å²) < 4.78 is 5.18. The molecule has 5 aliphatic rings. The van der Waals surface area contributed by atoms with Gasteiger partial charge >= 0.3 is 5.97 Å². The second-order valence-corrected chi connectivity index (χ2v) is 10.9. The van der Waals surface area contributed by atoms with Crippen LogP contribution in [-0.2, 0) is 9.53 Å². The SMILES string of the molecule is C[C@]12CC[C@H](O)C[C@@]1(O)CC[C@@H]1[C@@H]2CC[C@]2(C)[C@@H](C3=CC(=O)OC3)CC[C@]12O. The highest BCUT2D eigenvalue weighted by molar-refractivity contribution is 5.85. The van der Waals surface area contributed by atoms with E-state index in [1.807, 2.05) is 0 Å². The van der Waals surface area contributed by atoms with Crippen LogP contribution in [0, 0.1) is 28.6 Å². The van der Waals surface area contributed by atoms with Gasteiger partial charge in [0.15, 0.2) is 0 Å². The maximum atomic E-state index is 12.1. The third-order valence-corrected chi connectivity index (χ3v) is 10.1. The van der Waals surface area contributed by atoms with Gasteiger partial charge in [-0.25, -0.2) is 4.79 Å². The highest BCUT2D eigenvalue weighted by atomic mass is 16.5. The van der Waals surface area contributed by atoms with Gasteiger partial charge in [-0.3, -0.25) is 0 Å². The van der Waals surface area contributed by atoms with Gasteiger partial charge in [0.1, 0.15) is 6.61 Å². The molecule has 5 rings (SSSR count). The number of fused-ring (bicyclic) bond motifs is 5. The van der Waals surface area contributed by atoms with Crippen LogP contribution in [0.5, 0.6) is 0 Å². The van der Waals surface area contributed by atoms with E-state index in [1.54, 1.807) is 6.08 Å². The van der Waals surface area contributed by atoms with Crippen LogP contribution in [0.25, 0.3) is 0 Å². The van der Waals surface area contributed by atoms with Gasteiger partial charge in [-0.2, -0.15) is 0 Å². The molecular formula is C23H34O5. The highest BCUT2D eigenvalue weighted by Crippen LogP contribution is 2.70. The lowest BCUT2D eigenvalue weighted by atomic mass is 9.42. The molecule has 5 heteroatoms. The molecule has 28 heavy (non-hydrogen) atoms. The van der Waals surface area contributed by atoms with Crippen LogP contribution in [0.2, 0.25) is 0 Å². The van der Waals surface area contributed by atoms with E-state index in [4.69, 9.17) is 4.74 Å². The molecule has 4 aliphatic carbocycles. The highest BCUT2D eigenvalue weighted by Gasteiger charge is 2.70. The summed E-state index contributed by atoms with van der Waals surface area (Å²) in [4.78, 5) is 11.6. The zero-order valence-corrected chi connectivity index (χ0v) is 17.1. The predicted molar refractivity (Wildman–Crippen MR) is 103 cm³/mol. The van der Waals surface area contributed by atoms with Crippen molar-refractivity contribution in [3.63, 3.8) is 0 Å². The minimum Gasteiger partial charge on any atom is -0.458 e. The zero-order chi connectivity index (χ0) is 19.9. The van der Waals surface area contributed by atoms with Gasteiger partial charge in [-0.1, -0.05) is 13.8 Å². The lowest BCUT2D eigenvalue weighted by Crippen LogP contribution is -2.67. The second-order valence-electron chi connectivity index (χ2n) is 10.9. The van der Waals surface area contributed by atoms with Gasteiger partial charge in [0.2, 0.25) is 0 Å². The molecule has 0 aromatic heterocycles. The summed E-state index contributed by atoms with van der Waals surface area (Å²) in [6.45, 7) is 4.80. The van der Waals surface area contributed by atoms with Crippen LogP contribution in [0.4, 0.5) is 0 Å². The number of ether oxygens (including phenoxy) is 1. The van der Waals surface area contributed by atoms with Crippen LogP contribution in [0.15, 0.2) is 11.6 Å². The fraction of sp³-hybridized carbons (Fsp3) is 0.870. The van der Waals surface area contributed by atoms with Crippen molar-refractivity contribution in [2.45, 2.75) is 88.9 Å². The Hall–Kier alpha value is -0.910. The van der Waals surface area contributed by atoms with Crippen molar-refractivity contribution in [3.8, 4) is 0 Å². The van der Waals surface area contributed by atoms with Crippen molar-refractivity contribution < 1.29 is 24.9 Å². The standard InChI is InChI=1S/C23H34O5/c1-20-7-3-15(24)12-22(20,26)9-5-18-17(20)4-8-21(2)16(6-10-23(18,21)27)14-11-19(25)28-13-14/h11,15-18,24,26-27H,3-10,12-13H2,1-2H3/t15-,16+,17-,18+,20+,21+,22-,23-/m0/s1. The molecule has 0 spiro atoms. The topological polar surface area (TPSA) is 87.0 Å². The third-order valence-electron chi connectivity index (χ3n) is 10.1. The molecule has 5 nitrogen and oxygen atoms in total. The Morgan fingerprint density at radius 1 is 0.964 bits per heavy atom. The number of esters is 1. The van der Waals surface area contributed by atoms with Crippen molar-refractivity contribution in [2.24, 2.45) is 28.6 Å². The molecule has 1 aliphatic heterocycles. The zero-order valence-electron chi connectivity index (χ0n) is 17.1. The molecule has 0 amide bonds. The van der Waals surface area contributed by atoms with E-state index in [0.29, 0.717) is 19.4 Å². The molecule has 3 N–H and O–H groups in total. The van der Waals surface area contributed by atoms with E-state index in [2.05, 4.69) is 13.8 Å². The number of rotatable bonds is 1. The Kier molecular flexibility index (Phi) is 3.97. The first-order valence-corrected chi connectivity index (χ1v) is 11.1. The monoisotopic (exact) mass is 390 g/mol. The van der Waals surface area contributed by atoms with Crippen molar-refractivity contribution in [1.82, 2.24) is 0 Å². The van der Waals surface area contributed by atoms with Crippen LogP contribution < -0.4 is 0 Å². The first-order valence-electron chi connectivity index (χ1n) is 11.1. The Balaban J connectivity index is 1.49. The largest absolute Gasteiger partial charge is 0.458 e. The Labute approximate surface area is 167 Å². The first-order chi connectivity index (χ1) is 13.1. The predicted octanol–water partition coefficient (Wildman–Crippen LogP) is 2.72. The summed E-state index contributed by atoms with van der Waals surface area (Å²) in [6.07, 6.45) is 8.33. The lowest BCUT2D eigenvalue weighted by Gasteiger charge is -2.66. The van der Waals surface area contributed by atoms with E-state index in [1.165, 1.54) is 0 Å². The average Bonchev–Trinajstić information content (AvgIpc) is 3.17. The molecule has 156 valence electrons. The van der Waals surface area contributed by atoms with Gasteiger partial charge in [0.05, 0.1) is 17.3 Å². The van der Waals surface area contributed by atoms with E-state index in [-0.39, 0.29) is 34.6 Å². The molecule has 4 fully saturated rings. The van der Waals surface area contributed by atoms with Gasteiger partial charge in [-0.05, 0) is 80.1 Å². The number of carbonyl (C=O) groups is 1. The molecule has 8 atom stereocenters. The smallest absolute Gasteiger partial charge is 0.331 e. The Morgan fingerprint density at radius 3 is 2.39 bits per heavy atom. The lowest BCUT2D eigenvalue weighted by molar-refractivity contribution is -0.254. The maximum absolute atomic E-state index is 12.1. The molecule has 4 saturated carbocycles. The van der Waals surface area contributed by atoms with Crippen LogP contribution in [0.1, 0.15) is 71.6 Å². The van der Waals surface area contributed by atoms with Gasteiger partial charge in [0.25, 0.3) is 0 Å². The summed E-state index contributed by atoms with van der Waals surface area (Å²) in [6, 6.07) is 0. The maximum Gasteiger partial charge on any atom is 0.331 e. The first kappa shape index (κ1) is 19.1. The van der Waals surface area contributed by atoms with Crippen molar-refractivity contribution in [1.29, 1.82) is 0 Å². The molecular weight excluding hydrogens is 356 g/mol. The third kappa shape index (κ3) is 2.21. The number of cyclic esters (lactones) is 1. The number of hydrogen-bond acceptors (Lipinski definition) is 5. The minimum atomic E-state index is -0.817. The fourth-order valence-electron chi connectivity index (χ4n) is 8.38. The molecule has 0 radical (unpaired) electrons. The van der Waals surface area contributed by atoms with E-state index < -0.39 is 17.3 Å². The molecule has 1 heterocycles. The van der Waals surface area contributed by atoms with Crippen LogP contribution in [0.3, 0.4) is 0 Å². The summed E-state index contributed by atoms with van der Waals surface area (Å²) in [5.74, 6) is 0.409. The number of carbonyl (C=O) groups excluding carboxylic acids is 1. The quantitative estimate of drug-likeness (QED) is 0.599. The fourth-order valence-corrected chi connectivity index (χ4v) is 8.38. The molecule has 0 bridgehead atoms. The summed E-state index contributed by atoms with van der Waals surface area (Å²) >= 11 is 0. The van der Waals surface area contributed by atoms with E-state index in [9.17, 15) is 20.1 Å². The molecule has 0 unspecified atom stereocenters. The second kappa shape index (κ2) is 5.83. The average molecular weight is 391 g/mol. The minimum absolute atomic E-state index is 0.176. The summed E-state index contributed by atoms with van der Waals surface area (Å²) in [5.41, 5.74) is -0.999. The van der Waals surface area contributed by atoms with Gasteiger partial charge < -0.3 is 20.1 Å². The van der Waals surface area contributed by atoms with Gasteiger partial charge in [-0.15, -0.1) is 0 Å². The van der Waals surface area contributed by atoms with E-state index in [0.717, 1.165) is 50.5 Å². The molecule has 0 saturated heterocycles. The van der Waals surface area contributed by atoms with Crippen molar-refractivity contribution in [2.75, 3.05) is 6.61 Å². The van der Waals surface area contributed by atoms with Crippen molar-refractivity contribution in [3.05, 3.63) is 11.6 Å². The number of hydrogen-bond donors (Lipinski definition) is 3. The van der Waals surface area contributed by atoms with E-state index >= 15 is 0 Å². The summed E-state index contributed by atoms with van der Waals surface area (Å²) in [5, 5.41) is 33.8. The molecule has 0 aromatic carbocycles. The Bertz CT molecular complexity index is 733. The van der Waals surface area contributed by atoms with Crippen LogP contribution in [-0.4, -0.2) is 45.2 Å². The Morgan fingerprint density at radius 2 is 1.68 bits per heavy atom. The summed E-state index contributed by atoms with van der Waals surface area (Å²) in [7, 11) is 0. The van der Waals surface area contributed by atoms with Gasteiger partial charge in [0, 0.05) is 17.9 Å². The molecule has 0 aromatic rings. The van der Waals surface area contributed by atoms with Crippen molar-refractivity contribution >= 4 is 5.97 Å². The number of aliphatic hydroxyl groups is 3. The number of aliphatic hydroxyl groups excluding tert-OH is 1.